The van der Waals surface area contributed by atoms with E-state index >= 15 is 0 Å². The molecule has 0 rings (SSSR count). The fourth-order valence-electron chi connectivity index (χ4n) is 0.692. The Morgan fingerprint density at radius 1 is 0.600 bits per heavy atom. The monoisotopic (exact) mass is 316 g/mol. The maximum atomic E-state index is 6.25. The summed E-state index contributed by atoms with van der Waals surface area (Å²) < 4.78 is 0. The van der Waals surface area contributed by atoms with Crippen LogP contribution in [0.5, 0.6) is 0 Å². The van der Waals surface area contributed by atoms with Gasteiger partial charge in [-0.3, -0.25) is 0 Å². The van der Waals surface area contributed by atoms with Crippen molar-refractivity contribution >= 4 is 0 Å². The standard InChI is InChI=1S/C7H18N2.5CN.Fe/c1-3-8-6-5-7-9-4-2;5*1-2;/h8-9H,3-7H2,1-2H3;;;;;;/q;5*-1;+5. The van der Waals surface area contributed by atoms with E-state index in [1.807, 2.05) is 0 Å². The van der Waals surface area contributed by atoms with Gasteiger partial charge in [-0.05, 0) is 32.6 Å². The molecule has 0 saturated carbocycles. The Balaban J connectivity index is -0.0000000261. The summed E-state index contributed by atoms with van der Waals surface area (Å²) in [5.41, 5.74) is 0. The van der Waals surface area contributed by atoms with Gasteiger partial charge in [0.1, 0.15) is 0 Å². The molecule has 1 radical (unpaired) electrons. The van der Waals surface area contributed by atoms with E-state index in [0.717, 1.165) is 26.2 Å². The van der Waals surface area contributed by atoms with Gasteiger partial charge in [-0.15, -0.1) is 0 Å². The Bertz CT molecular complexity index is 155. The molecule has 0 atom stereocenters. The van der Waals surface area contributed by atoms with Crippen LogP contribution in [0, 0.1) is 59.2 Å². The van der Waals surface area contributed by atoms with Gasteiger partial charge in [-0.2, -0.15) is 0 Å². The normalized spacial score (nSPS) is 5.00. The number of nitrogens with zero attached hydrogens (tertiary/aromatic N) is 5. The molecule has 0 bridgehead atoms. The molecular weight excluding hydrogens is 298 g/mol. The zero-order valence-electron chi connectivity index (χ0n) is 11.6. The van der Waals surface area contributed by atoms with Crippen molar-refractivity contribution in [2.45, 2.75) is 20.3 Å². The van der Waals surface area contributed by atoms with Gasteiger partial charge in [0.2, 0.25) is 0 Å². The molecule has 7 nitrogen and oxygen atoms in total. The van der Waals surface area contributed by atoms with Crippen molar-refractivity contribution in [3.8, 4) is 0 Å². The molecule has 0 heterocycles. The second kappa shape index (κ2) is 178. The molecule has 0 spiro atoms. The molecule has 8 heteroatoms. The molecule has 0 unspecified atom stereocenters. The summed E-state index contributed by atoms with van der Waals surface area (Å²) in [6, 6.07) is 0. The number of nitrogens with one attached hydrogen (secondary N) is 2. The number of rotatable bonds is 6. The third kappa shape index (κ3) is 233. The van der Waals surface area contributed by atoms with E-state index in [1.165, 1.54) is 6.42 Å². The minimum absolute atomic E-state index is 0. The van der Waals surface area contributed by atoms with Crippen molar-refractivity contribution in [3.05, 3.63) is 32.9 Å². The maximum absolute atomic E-state index is 6.25. The molecule has 0 aliphatic carbocycles. The number of hydrogen-bond acceptors (Lipinski definition) is 7. The molecule has 0 aliphatic rings. The summed E-state index contributed by atoms with van der Waals surface area (Å²) in [6.07, 6.45) is 1.24. The average Bonchev–Trinajstić information content (AvgIpc) is 2.57. The molecule has 0 aliphatic heterocycles. The van der Waals surface area contributed by atoms with Gasteiger partial charge in [-0.1, -0.05) is 13.8 Å². The van der Waals surface area contributed by atoms with E-state index in [-0.39, 0.29) is 17.1 Å². The third-order valence-corrected chi connectivity index (χ3v) is 1.21. The first-order valence-corrected chi connectivity index (χ1v) is 4.95. The Hall–Kier alpha value is -2.11. The van der Waals surface area contributed by atoms with Crippen molar-refractivity contribution in [2.24, 2.45) is 0 Å². The van der Waals surface area contributed by atoms with Gasteiger partial charge in [0, 0.05) is 0 Å². The third-order valence-electron chi connectivity index (χ3n) is 1.21. The average molecular weight is 316 g/mol. The molecule has 0 aromatic heterocycles. The summed E-state index contributed by atoms with van der Waals surface area (Å²) >= 11 is 0. The Morgan fingerprint density at radius 3 is 0.950 bits per heavy atom. The molecule has 109 valence electrons. The fraction of sp³-hybridized carbons (Fsp3) is 0.583. The van der Waals surface area contributed by atoms with Crippen LogP contribution in [-0.4, -0.2) is 26.2 Å². The van der Waals surface area contributed by atoms with Gasteiger partial charge in [0.25, 0.3) is 0 Å². The van der Waals surface area contributed by atoms with E-state index in [1.54, 1.807) is 0 Å². The molecule has 0 aromatic carbocycles. The largest absolute Gasteiger partial charge is 5.00 e. The molecule has 0 fully saturated rings. The quantitative estimate of drug-likeness (QED) is 0.424. The zero-order valence-corrected chi connectivity index (χ0v) is 12.7. The van der Waals surface area contributed by atoms with Crippen LogP contribution in [0.25, 0.3) is 0 Å². The van der Waals surface area contributed by atoms with Crippen LogP contribution in [0.1, 0.15) is 20.3 Å². The van der Waals surface area contributed by atoms with Crippen LogP contribution in [0.15, 0.2) is 0 Å². The predicted molar refractivity (Wildman–Crippen MR) is 66.5 cm³/mol. The van der Waals surface area contributed by atoms with Crippen LogP contribution in [0.4, 0.5) is 0 Å². The van der Waals surface area contributed by atoms with Crippen molar-refractivity contribution in [1.29, 1.82) is 26.3 Å². The van der Waals surface area contributed by atoms with E-state index in [0.29, 0.717) is 0 Å². The van der Waals surface area contributed by atoms with Crippen LogP contribution in [0.2, 0.25) is 0 Å². The summed E-state index contributed by atoms with van der Waals surface area (Å²) in [4.78, 5) is 0. The van der Waals surface area contributed by atoms with Crippen LogP contribution >= 0.6 is 0 Å². The Kier molecular flexibility index (Phi) is 384. The van der Waals surface area contributed by atoms with Crippen molar-refractivity contribution < 1.29 is 17.1 Å². The van der Waals surface area contributed by atoms with Gasteiger partial charge in [0.05, 0.1) is 0 Å². The summed E-state index contributed by atoms with van der Waals surface area (Å²) in [6.45, 7) is 32.5. The summed E-state index contributed by atoms with van der Waals surface area (Å²) in [5.74, 6) is 0. The van der Waals surface area contributed by atoms with Crippen LogP contribution < -0.4 is 10.6 Å². The zero-order chi connectivity index (χ0) is 16.9. The first kappa shape index (κ1) is 43.0. The Labute approximate surface area is 133 Å². The van der Waals surface area contributed by atoms with Crippen LogP contribution in [0.3, 0.4) is 0 Å². The number of hydrogen-bond donors (Lipinski definition) is 2. The van der Waals surface area contributed by atoms with Crippen molar-refractivity contribution in [1.82, 2.24) is 10.6 Å². The van der Waals surface area contributed by atoms with E-state index in [9.17, 15) is 0 Å². The molecule has 0 aromatic rings. The Morgan fingerprint density at radius 2 is 0.800 bits per heavy atom. The van der Waals surface area contributed by atoms with E-state index in [2.05, 4.69) is 24.5 Å². The van der Waals surface area contributed by atoms with Crippen molar-refractivity contribution in [3.63, 3.8) is 0 Å². The first-order chi connectivity index (χ1) is 9.41. The van der Waals surface area contributed by atoms with Crippen molar-refractivity contribution in [2.75, 3.05) is 26.2 Å². The molecule has 0 amide bonds. The SMILES string of the molecule is CCNCCCNCC.[C-]#N.[C-]#N.[C-]#N.[C-]#N.[C-]#N.[Fe+5]. The van der Waals surface area contributed by atoms with Gasteiger partial charge in [0.15, 0.2) is 0 Å². The minimum Gasteiger partial charge on any atom is -0.512 e. The molecule has 20 heavy (non-hydrogen) atoms. The van der Waals surface area contributed by atoms with Gasteiger partial charge < -0.3 is 69.8 Å². The summed E-state index contributed by atoms with van der Waals surface area (Å²) in [5, 5.41) is 37.8. The van der Waals surface area contributed by atoms with E-state index < -0.39 is 0 Å². The molecule has 2 N–H and O–H groups in total. The predicted octanol–water partition coefficient (Wildman–Crippen LogP) is 1.07. The fourth-order valence-corrected chi connectivity index (χ4v) is 0.692. The van der Waals surface area contributed by atoms with Gasteiger partial charge in [-0.25, -0.2) is 0 Å². The first-order valence-electron chi connectivity index (χ1n) is 4.95. The molecular formula is C12H18FeN7. The van der Waals surface area contributed by atoms with Crippen LogP contribution in [-0.2, 0) is 17.1 Å². The smallest absolute Gasteiger partial charge is 0.512 e. The minimum atomic E-state index is 0. The van der Waals surface area contributed by atoms with Gasteiger partial charge >= 0.3 is 17.1 Å². The topological polar surface area (TPSA) is 143 Å². The second-order valence-corrected chi connectivity index (χ2v) is 2.06. The summed E-state index contributed by atoms with van der Waals surface area (Å²) in [7, 11) is 0. The second-order valence-electron chi connectivity index (χ2n) is 2.06. The maximum Gasteiger partial charge on any atom is 5.00 e. The molecule has 0 saturated heterocycles. The van der Waals surface area contributed by atoms with E-state index in [4.69, 9.17) is 59.2 Å².